The van der Waals surface area contributed by atoms with Crippen LogP contribution < -0.4 is 10.1 Å². The molecular weight excluding hydrogens is 274 g/mol. The number of hydrogen-bond donors (Lipinski definition) is 1. The van der Waals surface area contributed by atoms with Gasteiger partial charge in [-0.2, -0.15) is 0 Å². The monoisotopic (exact) mass is 291 g/mol. The summed E-state index contributed by atoms with van der Waals surface area (Å²) in [4.78, 5) is 11.5. The Hall–Kier alpha value is -1.95. The third-order valence-corrected chi connectivity index (χ3v) is 3.54. The molecule has 0 aliphatic carbocycles. The van der Waals surface area contributed by atoms with Crippen LogP contribution in [0.5, 0.6) is 5.75 Å². The third-order valence-electron chi connectivity index (χ3n) is 2.70. The van der Waals surface area contributed by atoms with E-state index in [9.17, 15) is 4.79 Å². The van der Waals surface area contributed by atoms with Crippen molar-refractivity contribution in [2.45, 2.75) is 26.2 Å². The van der Waals surface area contributed by atoms with Crippen molar-refractivity contribution in [3.05, 3.63) is 34.8 Å². The predicted molar refractivity (Wildman–Crippen MR) is 79.2 cm³/mol. The van der Waals surface area contributed by atoms with Crippen LogP contribution in [0.15, 0.2) is 24.3 Å². The number of carbonyl (C=O) groups excluding carboxylic acids is 1. The van der Waals surface area contributed by atoms with Crippen molar-refractivity contribution < 1.29 is 9.53 Å². The minimum absolute atomic E-state index is 0.0142. The molecule has 6 heteroatoms. The summed E-state index contributed by atoms with van der Waals surface area (Å²) in [5, 5.41) is 12.3. The van der Waals surface area contributed by atoms with Crippen LogP contribution in [0, 0.1) is 0 Å². The molecule has 5 nitrogen and oxygen atoms in total. The molecule has 0 unspecified atom stereocenters. The maximum absolute atomic E-state index is 11.5. The molecule has 0 radical (unpaired) electrons. The molecule has 1 heterocycles. The van der Waals surface area contributed by atoms with E-state index in [4.69, 9.17) is 4.74 Å². The van der Waals surface area contributed by atoms with Gasteiger partial charge in [-0.25, -0.2) is 0 Å². The molecule has 0 fully saturated rings. The highest BCUT2D eigenvalue weighted by molar-refractivity contribution is 7.15. The van der Waals surface area contributed by atoms with Crippen LogP contribution in [0.4, 0.5) is 5.13 Å². The minimum atomic E-state index is -0.0142. The molecule has 0 spiro atoms. The van der Waals surface area contributed by atoms with Gasteiger partial charge in [-0.1, -0.05) is 30.4 Å². The Bertz CT molecular complexity index is 566. The summed E-state index contributed by atoms with van der Waals surface area (Å²) in [6.07, 6.45) is 2.03. The molecule has 20 heavy (non-hydrogen) atoms. The summed E-state index contributed by atoms with van der Waals surface area (Å²) in [6.45, 7) is 1.97. The molecule has 0 aliphatic rings. The van der Waals surface area contributed by atoms with Crippen molar-refractivity contribution in [1.29, 1.82) is 0 Å². The summed E-state index contributed by atoms with van der Waals surface area (Å²) < 4.78 is 5.12. The zero-order valence-electron chi connectivity index (χ0n) is 11.5. The normalized spacial score (nSPS) is 10.3. The van der Waals surface area contributed by atoms with E-state index in [1.165, 1.54) is 11.3 Å². The van der Waals surface area contributed by atoms with Crippen LogP contribution >= 0.6 is 11.3 Å². The fraction of sp³-hybridized carbons (Fsp3) is 0.357. The van der Waals surface area contributed by atoms with Gasteiger partial charge in [0.1, 0.15) is 10.8 Å². The number of nitrogens with one attached hydrogen (secondary N) is 1. The molecular formula is C14H17N3O2S. The fourth-order valence-corrected chi connectivity index (χ4v) is 2.49. The van der Waals surface area contributed by atoms with Crippen LogP contribution in [0.3, 0.4) is 0 Å². The number of hydrogen-bond acceptors (Lipinski definition) is 5. The Balaban J connectivity index is 1.96. The van der Waals surface area contributed by atoms with Gasteiger partial charge < -0.3 is 10.1 Å². The second kappa shape index (κ2) is 7.00. The largest absolute Gasteiger partial charge is 0.497 e. The lowest BCUT2D eigenvalue weighted by atomic mass is 10.1. The summed E-state index contributed by atoms with van der Waals surface area (Å²) in [5.41, 5.74) is 1.13. The number of benzene rings is 1. The average Bonchev–Trinajstić information content (AvgIpc) is 2.87. The standard InChI is InChI=1S/C14H17N3O2S/c1-3-4-12(18)15-14-17-16-13(20-14)9-10-5-7-11(19-2)8-6-10/h5-8H,3-4,9H2,1-2H3,(H,15,17,18). The minimum Gasteiger partial charge on any atom is -0.497 e. The predicted octanol–water partition coefficient (Wildman–Crippen LogP) is 2.88. The molecule has 2 aromatic rings. The SMILES string of the molecule is CCCC(=O)Nc1nnc(Cc2ccc(OC)cc2)s1. The first kappa shape index (κ1) is 14.5. The lowest BCUT2D eigenvalue weighted by molar-refractivity contribution is -0.116. The van der Waals surface area contributed by atoms with Crippen LogP contribution in [0.25, 0.3) is 0 Å². The van der Waals surface area contributed by atoms with Crippen LogP contribution in [-0.2, 0) is 11.2 Å². The van der Waals surface area contributed by atoms with Gasteiger partial charge in [0.25, 0.3) is 0 Å². The molecule has 1 aromatic heterocycles. The maximum Gasteiger partial charge on any atom is 0.226 e. The van der Waals surface area contributed by atoms with Gasteiger partial charge in [-0.3, -0.25) is 4.79 Å². The van der Waals surface area contributed by atoms with E-state index in [1.807, 2.05) is 31.2 Å². The number of carbonyl (C=O) groups is 1. The lowest BCUT2D eigenvalue weighted by Gasteiger charge is -2.01. The van der Waals surface area contributed by atoms with Crippen molar-refractivity contribution in [1.82, 2.24) is 10.2 Å². The number of aromatic nitrogens is 2. The van der Waals surface area contributed by atoms with Crippen molar-refractivity contribution in [3.8, 4) is 5.75 Å². The van der Waals surface area contributed by atoms with Gasteiger partial charge in [0.2, 0.25) is 11.0 Å². The van der Waals surface area contributed by atoms with Gasteiger partial charge in [0.15, 0.2) is 0 Å². The molecule has 0 atom stereocenters. The van der Waals surface area contributed by atoms with Crippen molar-refractivity contribution in [2.24, 2.45) is 0 Å². The number of amides is 1. The number of rotatable bonds is 6. The highest BCUT2D eigenvalue weighted by atomic mass is 32.1. The van der Waals surface area contributed by atoms with Gasteiger partial charge in [-0.05, 0) is 24.1 Å². The van der Waals surface area contributed by atoms with Crippen LogP contribution in [-0.4, -0.2) is 23.2 Å². The van der Waals surface area contributed by atoms with E-state index in [0.29, 0.717) is 18.0 Å². The summed E-state index contributed by atoms with van der Waals surface area (Å²) in [7, 11) is 1.64. The smallest absolute Gasteiger partial charge is 0.226 e. The summed E-state index contributed by atoms with van der Waals surface area (Å²) in [6, 6.07) is 7.83. The fourth-order valence-electron chi connectivity index (χ4n) is 1.70. The first-order chi connectivity index (χ1) is 9.71. The van der Waals surface area contributed by atoms with E-state index < -0.39 is 0 Å². The highest BCUT2D eigenvalue weighted by Gasteiger charge is 2.08. The Morgan fingerprint density at radius 1 is 1.30 bits per heavy atom. The molecule has 0 saturated carbocycles. The second-order valence-corrected chi connectivity index (χ2v) is 5.39. The van der Waals surface area contributed by atoms with E-state index >= 15 is 0 Å². The molecule has 106 valence electrons. The quantitative estimate of drug-likeness (QED) is 0.889. The first-order valence-electron chi connectivity index (χ1n) is 6.46. The highest BCUT2D eigenvalue weighted by Crippen LogP contribution is 2.20. The number of nitrogens with zero attached hydrogens (tertiary/aromatic N) is 2. The maximum atomic E-state index is 11.5. The number of methoxy groups -OCH3 is 1. The lowest BCUT2D eigenvalue weighted by Crippen LogP contribution is -2.10. The average molecular weight is 291 g/mol. The zero-order chi connectivity index (χ0) is 14.4. The van der Waals surface area contributed by atoms with Crippen LogP contribution in [0.1, 0.15) is 30.3 Å². The van der Waals surface area contributed by atoms with E-state index in [-0.39, 0.29) is 5.91 Å². The molecule has 0 saturated heterocycles. The van der Waals surface area contributed by atoms with Crippen LogP contribution in [0.2, 0.25) is 0 Å². The Labute approximate surface area is 122 Å². The molecule has 2 rings (SSSR count). The summed E-state index contributed by atoms with van der Waals surface area (Å²) >= 11 is 1.41. The zero-order valence-corrected chi connectivity index (χ0v) is 12.4. The molecule has 1 amide bonds. The number of ether oxygens (including phenoxy) is 1. The first-order valence-corrected chi connectivity index (χ1v) is 7.28. The Morgan fingerprint density at radius 3 is 2.70 bits per heavy atom. The van der Waals surface area contributed by atoms with Gasteiger partial charge in [0, 0.05) is 12.8 Å². The van der Waals surface area contributed by atoms with Gasteiger partial charge >= 0.3 is 0 Å². The third kappa shape index (κ3) is 4.03. The molecule has 1 aromatic carbocycles. The van der Waals surface area contributed by atoms with Crippen molar-refractivity contribution >= 4 is 22.4 Å². The second-order valence-electron chi connectivity index (χ2n) is 4.32. The van der Waals surface area contributed by atoms with Crippen molar-refractivity contribution in [2.75, 3.05) is 12.4 Å². The Morgan fingerprint density at radius 2 is 2.05 bits per heavy atom. The number of anilines is 1. The molecule has 1 N–H and O–H groups in total. The van der Waals surface area contributed by atoms with E-state index in [0.717, 1.165) is 22.7 Å². The van der Waals surface area contributed by atoms with E-state index in [1.54, 1.807) is 7.11 Å². The Kier molecular flexibility index (Phi) is 5.06. The van der Waals surface area contributed by atoms with Crippen molar-refractivity contribution in [3.63, 3.8) is 0 Å². The van der Waals surface area contributed by atoms with Gasteiger partial charge in [0.05, 0.1) is 7.11 Å². The molecule has 0 aliphatic heterocycles. The van der Waals surface area contributed by atoms with E-state index in [2.05, 4.69) is 15.5 Å². The topological polar surface area (TPSA) is 64.1 Å². The molecule has 0 bridgehead atoms. The van der Waals surface area contributed by atoms with Gasteiger partial charge in [-0.15, -0.1) is 10.2 Å². The summed E-state index contributed by atoms with van der Waals surface area (Å²) in [5.74, 6) is 0.818.